The molecule has 1 fully saturated rings. The molecule has 0 saturated carbocycles. The quantitative estimate of drug-likeness (QED) is 0.780. The minimum Gasteiger partial charge on any atom is -0.388 e. The summed E-state index contributed by atoms with van der Waals surface area (Å²) >= 11 is 0. The molecule has 0 atom stereocenters. The summed E-state index contributed by atoms with van der Waals surface area (Å²) < 4.78 is 7.14. The number of rotatable bonds is 3. The van der Waals surface area contributed by atoms with Crippen LogP contribution in [0.25, 0.3) is 10.9 Å². The lowest BCUT2D eigenvalue weighted by Gasteiger charge is -2.38. The summed E-state index contributed by atoms with van der Waals surface area (Å²) in [5.74, 6) is 0.471. The standard InChI is InChI=1S/C19H22N4O3/c1-13-17(14(2)26-21-13)18(24)22-9-5-19(25,6-10-22)12-23-8-4-15-3-7-20-11-16(15)23/h3-4,7-8,11,25H,5-6,9-10,12H2,1-2H3. The molecular formula is C19H22N4O3. The summed E-state index contributed by atoms with van der Waals surface area (Å²) in [6, 6.07) is 3.98. The largest absolute Gasteiger partial charge is 0.388 e. The van der Waals surface area contributed by atoms with Crippen molar-refractivity contribution in [2.75, 3.05) is 13.1 Å². The van der Waals surface area contributed by atoms with E-state index in [1.807, 2.05) is 29.1 Å². The van der Waals surface area contributed by atoms with E-state index in [0.717, 1.165) is 10.9 Å². The highest BCUT2D eigenvalue weighted by Crippen LogP contribution is 2.28. The predicted octanol–water partition coefficient (Wildman–Crippen LogP) is 2.31. The topological polar surface area (TPSA) is 84.4 Å². The molecule has 0 aliphatic carbocycles. The van der Waals surface area contributed by atoms with Crippen molar-refractivity contribution in [2.45, 2.75) is 38.8 Å². The Kier molecular flexibility index (Phi) is 4.03. The molecule has 7 heteroatoms. The number of hydrogen-bond donors (Lipinski definition) is 1. The van der Waals surface area contributed by atoms with Gasteiger partial charge in [0.2, 0.25) is 0 Å². The molecule has 136 valence electrons. The van der Waals surface area contributed by atoms with Gasteiger partial charge >= 0.3 is 0 Å². The maximum absolute atomic E-state index is 12.7. The Labute approximate surface area is 151 Å². The average molecular weight is 354 g/mol. The minimum atomic E-state index is -0.836. The van der Waals surface area contributed by atoms with Gasteiger partial charge in [-0.2, -0.15) is 0 Å². The van der Waals surface area contributed by atoms with Crippen molar-refractivity contribution in [3.05, 3.63) is 47.7 Å². The molecule has 3 aromatic heterocycles. The molecule has 7 nitrogen and oxygen atoms in total. The van der Waals surface area contributed by atoms with Gasteiger partial charge in [-0.3, -0.25) is 9.78 Å². The van der Waals surface area contributed by atoms with Gasteiger partial charge in [-0.25, -0.2) is 0 Å². The maximum atomic E-state index is 12.7. The van der Waals surface area contributed by atoms with E-state index in [0.29, 0.717) is 49.5 Å². The molecule has 4 heterocycles. The van der Waals surface area contributed by atoms with Gasteiger partial charge in [0.15, 0.2) is 0 Å². The van der Waals surface area contributed by atoms with Gasteiger partial charge in [-0.15, -0.1) is 0 Å². The van der Waals surface area contributed by atoms with Gasteiger partial charge in [0.1, 0.15) is 11.3 Å². The molecule has 3 aromatic rings. The smallest absolute Gasteiger partial charge is 0.259 e. The van der Waals surface area contributed by atoms with Crippen molar-refractivity contribution in [3.63, 3.8) is 0 Å². The number of hydrogen-bond acceptors (Lipinski definition) is 5. The lowest BCUT2D eigenvalue weighted by molar-refractivity contribution is -0.0284. The molecule has 1 amide bonds. The van der Waals surface area contributed by atoms with Crippen molar-refractivity contribution in [2.24, 2.45) is 0 Å². The van der Waals surface area contributed by atoms with E-state index in [1.165, 1.54) is 0 Å². The number of likely N-dealkylation sites (tertiary alicyclic amines) is 1. The Balaban J connectivity index is 1.46. The molecular weight excluding hydrogens is 332 g/mol. The number of carbonyl (C=O) groups excluding carboxylic acids is 1. The number of aryl methyl sites for hydroxylation is 2. The molecule has 1 aliphatic rings. The summed E-state index contributed by atoms with van der Waals surface area (Å²) in [7, 11) is 0. The molecule has 0 spiro atoms. The zero-order valence-corrected chi connectivity index (χ0v) is 15.0. The van der Waals surface area contributed by atoms with Gasteiger partial charge < -0.3 is 19.1 Å². The first kappa shape index (κ1) is 16.8. The third-order valence-electron chi connectivity index (χ3n) is 5.27. The van der Waals surface area contributed by atoms with Crippen LogP contribution in [-0.2, 0) is 6.54 Å². The highest BCUT2D eigenvalue weighted by molar-refractivity contribution is 5.96. The van der Waals surface area contributed by atoms with E-state index < -0.39 is 5.60 Å². The fourth-order valence-corrected chi connectivity index (χ4v) is 3.71. The van der Waals surface area contributed by atoms with Crippen LogP contribution in [0.15, 0.2) is 35.2 Å². The number of pyridine rings is 1. The lowest BCUT2D eigenvalue weighted by Crippen LogP contribution is -2.48. The SMILES string of the molecule is Cc1noc(C)c1C(=O)N1CCC(O)(Cn2ccc3ccncc32)CC1. The fourth-order valence-electron chi connectivity index (χ4n) is 3.71. The van der Waals surface area contributed by atoms with Crippen molar-refractivity contribution >= 4 is 16.8 Å². The number of aromatic nitrogens is 3. The average Bonchev–Trinajstić information content (AvgIpc) is 3.18. The van der Waals surface area contributed by atoms with Crippen LogP contribution in [0.3, 0.4) is 0 Å². The minimum absolute atomic E-state index is 0.0705. The Bertz CT molecular complexity index is 931. The number of fused-ring (bicyclic) bond motifs is 1. The molecule has 4 rings (SSSR count). The first-order chi connectivity index (χ1) is 12.5. The lowest BCUT2D eigenvalue weighted by atomic mass is 9.90. The zero-order valence-electron chi connectivity index (χ0n) is 15.0. The normalized spacial score (nSPS) is 17.0. The maximum Gasteiger partial charge on any atom is 0.259 e. The third kappa shape index (κ3) is 2.88. The molecule has 1 saturated heterocycles. The van der Waals surface area contributed by atoms with Gasteiger partial charge in [-0.1, -0.05) is 5.16 Å². The summed E-state index contributed by atoms with van der Waals surface area (Å²) in [6.07, 6.45) is 6.62. The van der Waals surface area contributed by atoms with Crippen LogP contribution in [0.2, 0.25) is 0 Å². The van der Waals surface area contributed by atoms with Gasteiger partial charge in [0, 0.05) is 30.9 Å². The van der Waals surface area contributed by atoms with E-state index in [4.69, 9.17) is 4.52 Å². The number of nitrogens with zero attached hydrogens (tertiary/aromatic N) is 4. The summed E-state index contributed by atoms with van der Waals surface area (Å²) in [6.45, 7) is 5.04. The van der Waals surface area contributed by atoms with Crippen molar-refractivity contribution in [1.82, 2.24) is 19.6 Å². The van der Waals surface area contributed by atoms with E-state index in [9.17, 15) is 9.90 Å². The second-order valence-corrected chi connectivity index (χ2v) is 7.09. The monoisotopic (exact) mass is 354 g/mol. The molecule has 1 aliphatic heterocycles. The van der Waals surface area contributed by atoms with Crippen molar-refractivity contribution in [3.8, 4) is 0 Å². The summed E-state index contributed by atoms with van der Waals surface area (Å²) in [5, 5.41) is 16.0. The molecule has 0 bridgehead atoms. The predicted molar refractivity (Wildman–Crippen MR) is 95.8 cm³/mol. The van der Waals surface area contributed by atoms with Crippen LogP contribution in [0.1, 0.15) is 34.7 Å². The Morgan fingerprint density at radius 3 is 2.77 bits per heavy atom. The van der Waals surface area contributed by atoms with Crippen LogP contribution in [0, 0.1) is 13.8 Å². The second kappa shape index (κ2) is 6.25. The first-order valence-corrected chi connectivity index (χ1v) is 8.80. The van der Waals surface area contributed by atoms with Crippen LogP contribution in [0.5, 0.6) is 0 Å². The summed E-state index contributed by atoms with van der Waals surface area (Å²) in [5.41, 5.74) is 1.32. The van der Waals surface area contributed by atoms with E-state index in [1.54, 1.807) is 24.9 Å². The molecule has 26 heavy (non-hydrogen) atoms. The van der Waals surface area contributed by atoms with Gasteiger partial charge in [-0.05, 0) is 38.8 Å². The number of aliphatic hydroxyl groups is 1. The van der Waals surface area contributed by atoms with Gasteiger partial charge in [0.25, 0.3) is 5.91 Å². The van der Waals surface area contributed by atoms with Crippen molar-refractivity contribution in [1.29, 1.82) is 0 Å². The van der Waals surface area contributed by atoms with Gasteiger partial charge in [0.05, 0.1) is 29.6 Å². The summed E-state index contributed by atoms with van der Waals surface area (Å²) in [4.78, 5) is 18.7. The number of carbonyl (C=O) groups is 1. The molecule has 1 N–H and O–H groups in total. The zero-order chi connectivity index (χ0) is 18.3. The Morgan fingerprint density at radius 2 is 2.08 bits per heavy atom. The fraction of sp³-hybridized carbons (Fsp3) is 0.421. The van der Waals surface area contributed by atoms with E-state index in [-0.39, 0.29) is 5.91 Å². The highest BCUT2D eigenvalue weighted by Gasteiger charge is 2.36. The third-order valence-corrected chi connectivity index (χ3v) is 5.27. The molecule has 0 unspecified atom stereocenters. The Hall–Kier alpha value is -2.67. The van der Waals surface area contributed by atoms with Crippen LogP contribution < -0.4 is 0 Å². The number of amides is 1. The van der Waals surface area contributed by atoms with E-state index >= 15 is 0 Å². The highest BCUT2D eigenvalue weighted by atomic mass is 16.5. The molecule has 0 aromatic carbocycles. The van der Waals surface area contributed by atoms with Crippen LogP contribution >= 0.6 is 0 Å². The molecule has 0 radical (unpaired) electrons. The van der Waals surface area contributed by atoms with Crippen molar-refractivity contribution < 1.29 is 14.4 Å². The van der Waals surface area contributed by atoms with Crippen LogP contribution in [0.4, 0.5) is 0 Å². The first-order valence-electron chi connectivity index (χ1n) is 8.80. The van der Waals surface area contributed by atoms with E-state index in [2.05, 4.69) is 10.1 Å². The Morgan fingerprint density at radius 1 is 1.31 bits per heavy atom. The van der Waals surface area contributed by atoms with Crippen LogP contribution in [-0.4, -0.2) is 49.3 Å². The second-order valence-electron chi connectivity index (χ2n) is 7.09. The number of piperidine rings is 1.